The molecule has 0 saturated heterocycles. The molecular weight excluding hydrogens is 282 g/mol. The molecule has 0 radical (unpaired) electrons. The lowest BCUT2D eigenvalue weighted by Crippen LogP contribution is -2.35. The van der Waals surface area contributed by atoms with E-state index >= 15 is 0 Å². The fraction of sp³-hybridized carbons (Fsp3) is 0.765. The summed E-state index contributed by atoms with van der Waals surface area (Å²) in [7, 11) is 0. The second kappa shape index (κ2) is 6.12. The molecule has 0 aromatic carbocycles. The summed E-state index contributed by atoms with van der Waals surface area (Å²) in [6.45, 7) is 6.69. The molecule has 2 fully saturated rings. The fourth-order valence-corrected chi connectivity index (χ4v) is 3.66. The van der Waals surface area contributed by atoms with Gasteiger partial charge >= 0.3 is 0 Å². The van der Waals surface area contributed by atoms with Crippen LogP contribution in [0.15, 0.2) is 0 Å². The van der Waals surface area contributed by atoms with Crippen LogP contribution >= 0.6 is 11.6 Å². The van der Waals surface area contributed by atoms with Crippen molar-refractivity contribution in [3.63, 3.8) is 0 Å². The van der Waals surface area contributed by atoms with Crippen LogP contribution in [-0.4, -0.2) is 16.0 Å². The lowest BCUT2D eigenvalue weighted by molar-refractivity contribution is 0.253. The quantitative estimate of drug-likeness (QED) is 0.800. The first-order valence-corrected chi connectivity index (χ1v) is 8.74. The highest BCUT2D eigenvalue weighted by molar-refractivity contribution is 6.30. The van der Waals surface area contributed by atoms with Crippen molar-refractivity contribution in [2.75, 3.05) is 5.32 Å². The normalized spacial score (nSPS) is 26.1. The van der Waals surface area contributed by atoms with E-state index in [0.717, 1.165) is 23.1 Å². The maximum Gasteiger partial charge on any atom is 0.137 e. The van der Waals surface area contributed by atoms with Gasteiger partial charge in [0.1, 0.15) is 16.8 Å². The molecule has 2 aliphatic carbocycles. The highest BCUT2D eigenvalue weighted by atomic mass is 35.5. The second-order valence-electron chi connectivity index (χ2n) is 7.06. The smallest absolute Gasteiger partial charge is 0.137 e. The molecule has 21 heavy (non-hydrogen) atoms. The summed E-state index contributed by atoms with van der Waals surface area (Å²) in [5.74, 6) is 3.88. The van der Waals surface area contributed by atoms with Crippen LogP contribution in [-0.2, 0) is 0 Å². The minimum absolute atomic E-state index is 0.524. The van der Waals surface area contributed by atoms with Gasteiger partial charge < -0.3 is 5.32 Å². The van der Waals surface area contributed by atoms with E-state index in [0.29, 0.717) is 23.0 Å². The number of anilines is 1. The van der Waals surface area contributed by atoms with Crippen LogP contribution in [0.1, 0.15) is 69.7 Å². The first kappa shape index (κ1) is 15.1. The molecule has 0 spiro atoms. The molecule has 3 nitrogen and oxygen atoms in total. The van der Waals surface area contributed by atoms with E-state index in [4.69, 9.17) is 16.6 Å². The summed E-state index contributed by atoms with van der Waals surface area (Å²) in [4.78, 5) is 9.23. The molecule has 2 aliphatic rings. The molecule has 4 heteroatoms. The minimum Gasteiger partial charge on any atom is -0.367 e. The maximum absolute atomic E-state index is 6.32. The van der Waals surface area contributed by atoms with E-state index in [2.05, 4.69) is 24.1 Å². The van der Waals surface area contributed by atoms with Crippen molar-refractivity contribution in [3.05, 3.63) is 16.5 Å². The van der Waals surface area contributed by atoms with Crippen molar-refractivity contribution in [1.29, 1.82) is 0 Å². The van der Waals surface area contributed by atoms with Gasteiger partial charge in [0.15, 0.2) is 0 Å². The van der Waals surface area contributed by atoms with Crippen molar-refractivity contribution in [3.8, 4) is 0 Å². The molecule has 1 N–H and O–H groups in total. The predicted octanol–water partition coefficient (Wildman–Crippen LogP) is 4.94. The highest BCUT2D eigenvalue weighted by Gasteiger charge is 2.30. The predicted molar refractivity (Wildman–Crippen MR) is 88.0 cm³/mol. The third-order valence-electron chi connectivity index (χ3n) is 5.04. The first-order valence-electron chi connectivity index (χ1n) is 8.37. The van der Waals surface area contributed by atoms with Crippen LogP contribution in [0, 0.1) is 18.8 Å². The molecule has 2 saturated carbocycles. The maximum atomic E-state index is 6.32. The van der Waals surface area contributed by atoms with E-state index in [9.17, 15) is 0 Å². The fourth-order valence-electron chi connectivity index (χ4n) is 3.48. The number of hydrogen-bond acceptors (Lipinski definition) is 3. The van der Waals surface area contributed by atoms with Crippen LogP contribution in [0.2, 0.25) is 5.15 Å². The summed E-state index contributed by atoms with van der Waals surface area (Å²) >= 11 is 6.32. The molecule has 1 heterocycles. The molecular formula is C17H26ClN3. The highest BCUT2D eigenvalue weighted by Crippen LogP contribution is 2.40. The van der Waals surface area contributed by atoms with Crippen molar-refractivity contribution in [2.24, 2.45) is 11.8 Å². The van der Waals surface area contributed by atoms with Crippen LogP contribution in [0.3, 0.4) is 0 Å². The van der Waals surface area contributed by atoms with Crippen molar-refractivity contribution >= 4 is 17.4 Å². The van der Waals surface area contributed by atoms with Gasteiger partial charge in [0.25, 0.3) is 0 Å². The molecule has 1 aromatic heterocycles. The number of nitrogens with one attached hydrogen (secondary N) is 1. The first-order chi connectivity index (χ1) is 10.1. The van der Waals surface area contributed by atoms with Crippen molar-refractivity contribution < 1.29 is 0 Å². The van der Waals surface area contributed by atoms with Gasteiger partial charge in [-0.3, -0.25) is 0 Å². The molecule has 0 bridgehead atoms. The number of aromatic nitrogens is 2. The lowest BCUT2D eigenvalue weighted by atomic mass is 9.78. The van der Waals surface area contributed by atoms with Crippen LogP contribution in [0.4, 0.5) is 5.82 Å². The number of halogens is 1. The molecule has 3 rings (SSSR count). The van der Waals surface area contributed by atoms with Gasteiger partial charge in [-0.2, -0.15) is 0 Å². The largest absolute Gasteiger partial charge is 0.367 e. The summed E-state index contributed by atoms with van der Waals surface area (Å²) in [6, 6.07) is 0.524. The van der Waals surface area contributed by atoms with Gasteiger partial charge in [0, 0.05) is 17.5 Å². The summed E-state index contributed by atoms with van der Waals surface area (Å²) in [6.07, 6.45) is 7.64. The summed E-state index contributed by atoms with van der Waals surface area (Å²) in [5, 5.41) is 4.33. The Kier molecular flexibility index (Phi) is 4.39. The summed E-state index contributed by atoms with van der Waals surface area (Å²) in [5.41, 5.74) is 0.995. The monoisotopic (exact) mass is 307 g/mol. The Bertz CT molecular complexity index is 511. The van der Waals surface area contributed by atoms with Gasteiger partial charge in [0.2, 0.25) is 0 Å². The van der Waals surface area contributed by atoms with Gasteiger partial charge in [-0.15, -0.1) is 0 Å². The van der Waals surface area contributed by atoms with Crippen LogP contribution < -0.4 is 5.32 Å². The van der Waals surface area contributed by atoms with Crippen molar-refractivity contribution in [1.82, 2.24) is 9.97 Å². The Morgan fingerprint density at radius 1 is 1.10 bits per heavy atom. The molecule has 1 aromatic rings. The molecule has 116 valence electrons. The number of nitrogens with zero attached hydrogens (tertiary/aromatic N) is 2. The average molecular weight is 308 g/mol. The Balaban J connectivity index is 1.82. The molecule has 0 amide bonds. The topological polar surface area (TPSA) is 37.8 Å². The number of rotatable bonds is 4. The zero-order valence-corrected chi connectivity index (χ0v) is 14.1. The number of hydrogen-bond donors (Lipinski definition) is 1. The Morgan fingerprint density at radius 2 is 1.81 bits per heavy atom. The Labute approximate surface area is 132 Å². The zero-order valence-electron chi connectivity index (χ0n) is 13.3. The van der Waals surface area contributed by atoms with E-state index in [1.807, 2.05) is 6.92 Å². The second-order valence-corrected chi connectivity index (χ2v) is 7.42. The average Bonchev–Trinajstić information content (AvgIpc) is 3.28. The van der Waals surface area contributed by atoms with Crippen molar-refractivity contribution in [2.45, 2.75) is 71.3 Å². The molecule has 2 unspecified atom stereocenters. The van der Waals surface area contributed by atoms with E-state index in [1.54, 1.807) is 0 Å². The minimum atomic E-state index is 0.524. The lowest BCUT2D eigenvalue weighted by Gasteiger charge is -2.35. The Hall–Kier alpha value is -0.830. The van der Waals surface area contributed by atoms with E-state index in [1.165, 1.54) is 38.5 Å². The SMILES string of the molecule is Cc1c(Cl)nc(C2CC2)nc1NC1CCCCC1C(C)C. The third kappa shape index (κ3) is 3.33. The van der Waals surface area contributed by atoms with Gasteiger partial charge in [0.05, 0.1) is 0 Å². The van der Waals surface area contributed by atoms with Gasteiger partial charge in [-0.1, -0.05) is 38.3 Å². The van der Waals surface area contributed by atoms with Crippen LogP contribution in [0.5, 0.6) is 0 Å². The molecule has 0 aliphatic heterocycles. The summed E-state index contributed by atoms with van der Waals surface area (Å²) < 4.78 is 0. The zero-order chi connectivity index (χ0) is 15.0. The van der Waals surface area contributed by atoms with Gasteiger partial charge in [-0.05, 0) is 44.4 Å². The van der Waals surface area contributed by atoms with E-state index < -0.39 is 0 Å². The van der Waals surface area contributed by atoms with E-state index in [-0.39, 0.29) is 0 Å². The molecule has 2 atom stereocenters. The third-order valence-corrected chi connectivity index (χ3v) is 5.41. The standard InChI is InChI=1S/C17H26ClN3/c1-10(2)13-6-4-5-7-14(13)19-16-11(3)15(18)20-17(21-16)12-8-9-12/h10,12-14H,4-9H2,1-3H3,(H,19,20,21). The van der Waals surface area contributed by atoms with Crippen LogP contribution in [0.25, 0.3) is 0 Å². The van der Waals surface area contributed by atoms with Gasteiger partial charge in [-0.25, -0.2) is 9.97 Å². The Morgan fingerprint density at radius 3 is 2.48 bits per heavy atom.